The minimum atomic E-state index is 0.263. The average molecular weight is 190 g/mol. The van der Waals surface area contributed by atoms with Crippen molar-refractivity contribution in [3.05, 3.63) is 41.5 Å². The van der Waals surface area contributed by atoms with Gasteiger partial charge >= 0.3 is 0 Å². The van der Waals surface area contributed by atoms with E-state index in [4.69, 9.17) is 5.11 Å². The fourth-order valence-corrected chi connectivity index (χ4v) is 1.34. The van der Waals surface area contributed by atoms with Gasteiger partial charge in [0.15, 0.2) is 0 Å². The van der Waals surface area contributed by atoms with Gasteiger partial charge in [0.2, 0.25) is 0 Å². The molecule has 1 nitrogen and oxygen atoms in total. The van der Waals surface area contributed by atoms with Gasteiger partial charge in [-0.05, 0) is 30.4 Å². The summed E-state index contributed by atoms with van der Waals surface area (Å²) in [5.41, 5.74) is 2.55. The standard InChI is InChI=1S/C13H18O/c1-11(9-10-14)7-8-13-6-4-3-5-12(13)2/h3-8,11,14H,9-10H2,1-2H3/b8-7-. The Morgan fingerprint density at radius 2 is 2.07 bits per heavy atom. The van der Waals surface area contributed by atoms with Gasteiger partial charge in [-0.25, -0.2) is 0 Å². The molecule has 0 heterocycles. The van der Waals surface area contributed by atoms with Crippen LogP contribution in [0.4, 0.5) is 0 Å². The van der Waals surface area contributed by atoms with E-state index in [1.807, 2.05) is 12.1 Å². The zero-order valence-electron chi connectivity index (χ0n) is 8.90. The van der Waals surface area contributed by atoms with Crippen LogP contribution in [0.2, 0.25) is 0 Å². The van der Waals surface area contributed by atoms with Crippen LogP contribution in [0, 0.1) is 12.8 Å². The van der Waals surface area contributed by atoms with E-state index in [1.54, 1.807) is 0 Å². The molecule has 0 aliphatic carbocycles. The third kappa shape index (κ3) is 3.35. The van der Waals surface area contributed by atoms with Crippen molar-refractivity contribution in [3.8, 4) is 0 Å². The van der Waals surface area contributed by atoms with Crippen LogP contribution in [-0.2, 0) is 0 Å². The van der Waals surface area contributed by atoms with E-state index in [9.17, 15) is 0 Å². The molecule has 0 amide bonds. The normalized spacial score (nSPS) is 13.4. The lowest BCUT2D eigenvalue weighted by molar-refractivity contribution is 0.274. The summed E-state index contributed by atoms with van der Waals surface area (Å²) in [6.07, 6.45) is 5.12. The van der Waals surface area contributed by atoms with Crippen molar-refractivity contribution in [1.82, 2.24) is 0 Å². The van der Waals surface area contributed by atoms with Crippen LogP contribution < -0.4 is 0 Å². The van der Waals surface area contributed by atoms with Crippen molar-refractivity contribution < 1.29 is 5.11 Å². The summed E-state index contributed by atoms with van der Waals surface area (Å²) >= 11 is 0. The first-order chi connectivity index (χ1) is 6.74. The molecule has 0 aliphatic heterocycles. The lowest BCUT2D eigenvalue weighted by atomic mass is 10.0. The number of hydrogen-bond donors (Lipinski definition) is 1. The fraction of sp³-hybridized carbons (Fsp3) is 0.385. The van der Waals surface area contributed by atoms with Gasteiger partial charge in [0.05, 0.1) is 0 Å². The Hall–Kier alpha value is -1.08. The second-order valence-corrected chi connectivity index (χ2v) is 3.71. The van der Waals surface area contributed by atoms with Crippen molar-refractivity contribution in [1.29, 1.82) is 0 Å². The third-order valence-corrected chi connectivity index (χ3v) is 2.38. The van der Waals surface area contributed by atoms with E-state index < -0.39 is 0 Å². The number of aliphatic hydroxyl groups excluding tert-OH is 1. The SMILES string of the molecule is Cc1ccccc1/C=C\C(C)CCO. The minimum Gasteiger partial charge on any atom is -0.396 e. The van der Waals surface area contributed by atoms with Gasteiger partial charge in [0, 0.05) is 6.61 Å². The second-order valence-electron chi connectivity index (χ2n) is 3.71. The van der Waals surface area contributed by atoms with Gasteiger partial charge in [-0.3, -0.25) is 0 Å². The van der Waals surface area contributed by atoms with Gasteiger partial charge in [-0.1, -0.05) is 43.3 Å². The summed E-state index contributed by atoms with van der Waals surface area (Å²) in [5, 5.41) is 8.75. The zero-order valence-corrected chi connectivity index (χ0v) is 8.90. The molecule has 0 radical (unpaired) electrons. The average Bonchev–Trinajstić information content (AvgIpc) is 2.17. The van der Waals surface area contributed by atoms with Crippen LogP contribution in [0.15, 0.2) is 30.3 Å². The number of hydrogen-bond acceptors (Lipinski definition) is 1. The van der Waals surface area contributed by atoms with Crippen LogP contribution in [0.25, 0.3) is 6.08 Å². The summed E-state index contributed by atoms with van der Waals surface area (Å²) in [6, 6.07) is 8.31. The zero-order chi connectivity index (χ0) is 10.4. The van der Waals surface area contributed by atoms with E-state index in [0.717, 1.165) is 6.42 Å². The lowest BCUT2D eigenvalue weighted by Gasteiger charge is -2.03. The first-order valence-corrected chi connectivity index (χ1v) is 5.08. The highest BCUT2D eigenvalue weighted by Crippen LogP contribution is 2.11. The Morgan fingerprint density at radius 3 is 2.71 bits per heavy atom. The van der Waals surface area contributed by atoms with Gasteiger partial charge in [0.25, 0.3) is 0 Å². The Bertz CT molecular complexity index is 302. The number of aliphatic hydroxyl groups is 1. The summed E-state index contributed by atoms with van der Waals surface area (Å²) in [4.78, 5) is 0. The van der Waals surface area contributed by atoms with Crippen molar-refractivity contribution >= 4 is 6.08 Å². The lowest BCUT2D eigenvalue weighted by Crippen LogP contribution is -1.93. The molecule has 1 unspecified atom stereocenters. The molecule has 1 aromatic rings. The Morgan fingerprint density at radius 1 is 1.36 bits per heavy atom. The van der Waals surface area contributed by atoms with Crippen molar-refractivity contribution in [2.24, 2.45) is 5.92 Å². The molecule has 1 N–H and O–H groups in total. The summed E-state index contributed by atoms with van der Waals surface area (Å²) in [5.74, 6) is 0.444. The van der Waals surface area contributed by atoms with Crippen LogP contribution in [-0.4, -0.2) is 11.7 Å². The monoisotopic (exact) mass is 190 g/mol. The van der Waals surface area contributed by atoms with Crippen LogP contribution in [0.3, 0.4) is 0 Å². The topological polar surface area (TPSA) is 20.2 Å². The number of rotatable bonds is 4. The van der Waals surface area contributed by atoms with E-state index in [0.29, 0.717) is 5.92 Å². The summed E-state index contributed by atoms with van der Waals surface area (Å²) in [6.45, 7) is 4.49. The first-order valence-electron chi connectivity index (χ1n) is 5.08. The highest BCUT2D eigenvalue weighted by Gasteiger charge is 1.96. The smallest absolute Gasteiger partial charge is 0.0436 e. The van der Waals surface area contributed by atoms with E-state index in [2.05, 4.69) is 38.1 Å². The van der Waals surface area contributed by atoms with E-state index in [-0.39, 0.29) is 6.61 Å². The minimum absolute atomic E-state index is 0.263. The largest absolute Gasteiger partial charge is 0.396 e. The summed E-state index contributed by atoms with van der Waals surface area (Å²) in [7, 11) is 0. The number of allylic oxidation sites excluding steroid dienone is 1. The van der Waals surface area contributed by atoms with E-state index >= 15 is 0 Å². The molecular formula is C13H18O. The molecule has 1 aromatic carbocycles. The molecule has 1 atom stereocenters. The van der Waals surface area contributed by atoms with Gasteiger partial charge in [0.1, 0.15) is 0 Å². The first kappa shape index (κ1) is 11.0. The van der Waals surface area contributed by atoms with Crippen LogP contribution >= 0.6 is 0 Å². The van der Waals surface area contributed by atoms with E-state index in [1.165, 1.54) is 11.1 Å². The molecule has 76 valence electrons. The maximum Gasteiger partial charge on any atom is 0.0436 e. The molecular weight excluding hydrogens is 172 g/mol. The summed E-state index contributed by atoms with van der Waals surface area (Å²) < 4.78 is 0. The van der Waals surface area contributed by atoms with Gasteiger partial charge < -0.3 is 5.11 Å². The second kappa shape index (κ2) is 5.61. The molecule has 0 fully saturated rings. The predicted molar refractivity (Wildman–Crippen MR) is 61.1 cm³/mol. The molecule has 0 aliphatic rings. The molecule has 0 aromatic heterocycles. The van der Waals surface area contributed by atoms with Crippen LogP contribution in [0.1, 0.15) is 24.5 Å². The highest BCUT2D eigenvalue weighted by atomic mass is 16.2. The van der Waals surface area contributed by atoms with Crippen molar-refractivity contribution in [3.63, 3.8) is 0 Å². The highest BCUT2D eigenvalue weighted by molar-refractivity contribution is 5.53. The fourth-order valence-electron chi connectivity index (χ4n) is 1.34. The molecule has 0 bridgehead atoms. The molecule has 1 heteroatoms. The number of benzene rings is 1. The van der Waals surface area contributed by atoms with Gasteiger partial charge in [-0.2, -0.15) is 0 Å². The Labute approximate surface area is 86.1 Å². The molecule has 14 heavy (non-hydrogen) atoms. The third-order valence-electron chi connectivity index (χ3n) is 2.38. The maximum absolute atomic E-state index is 8.75. The molecule has 0 saturated heterocycles. The van der Waals surface area contributed by atoms with Crippen molar-refractivity contribution in [2.45, 2.75) is 20.3 Å². The predicted octanol–water partition coefficient (Wildman–Crippen LogP) is 3.03. The molecule has 0 saturated carbocycles. The maximum atomic E-state index is 8.75. The van der Waals surface area contributed by atoms with Crippen molar-refractivity contribution in [2.75, 3.05) is 6.61 Å². The Kier molecular flexibility index (Phi) is 4.41. The molecule has 1 rings (SSSR count). The quantitative estimate of drug-likeness (QED) is 0.773. The number of aryl methyl sites for hydroxylation is 1. The molecule has 0 spiro atoms. The Balaban J connectivity index is 2.64. The van der Waals surface area contributed by atoms with Gasteiger partial charge in [-0.15, -0.1) is 0 Å². The van der Waals surface area contributed by atoms with Crippen LogP contribution in [0.5, 0.6) is 0 Å².